The molecule has 3 N–H and O–H groups in total. The molecule has 0 bridgehead atoms. The number of carboxylic acids is 1. The molecule has 1 amide bonds. The van der Waals surface area contributed by atoms with Crippen LogP contribution in [0.15, 0.2) is 24.3 Å². The first kappa shape index (κ1) is 13.0. The van der Waals surface area contributed by atoms with Gasteiger partial charge in [-0.15, -0.1) is 0 Å². The highest BCUT2D eigenvalue weighted by Gasteiger charge is 2.06. The highest BCUT2D eigenvalue weighted by atomic mass is 16.7. The van der Waals surface area contributed by atoms with Gasteiger partial charge in [0.15, 0.2) is 6.61 Å². The van der Waals surface area contributed by atoms with Crippen molar-refractivity contribution in [2.75, 3.05) is 6.61 Å². The normalized spacial score (nSPS) is 9.88. The molecule has 92 valence electrons. The van der Waals surface area contributed by atoms with Crippen LogP contribution < -0.4 is 5.48 Å². The van der Waals surface area contributed by atoms with Gasteiger partial charge in [0.05, 0.1) is 0 Å². The number of nitrogens with one attached hydrogen (secondary N) is 1. The molecule has 0 aliphatic rings. The molecule has 0 heterocycles. The van der Waals surface area contributed by atoms with E-state index in [1.54, 1.807) is 18.2 Å². The first-order valence-corrected chi connectivity index (χ1v) is 4.99. The Bertz CT molecular complexity index is 405. The number of aryl methyl sites for hydroxylation is 1. The number of aromatic hydroxyl groups is 1. The molecule has 17 heavy (non-hydrogen) atoms. The minimum Gasteiger partial charge on any atom is -0.508 e. The van der Waals surface area contributed by atoms with Gasteiger partial charge in [0.1, 0.15) is 5.75 Å². The fourth-order valence-corrected chi connectivity index (χ4v) is 1.20. The number of phenols is 1. The zero-order chi connectivity index (χ0) is 12.7. The van der Waals surface area contributed by atoms with E-state index < -0.39 is 18.5 Å². The maximum Gasteiger partial charge on any atom is 0.332 e. The molecule has 0 aliphatic heterocycles. The largest absolute Gasteiger partial charge is 0.508 e. The Kier molecular flexibility index (Phi) is 4.96. The number of phenolic OH excluding ortho intramolecular Hbond substituents is 1. The Morgan fingerprint density at radius 1 is 1.29 bits per heavy atom. The van der Waals surface area contributed by atoms with E-state index in [4.69, 9.17) is 5.11 Å². The summed E-state index contributed by atoms with van der Waals surface area (Å²) in [6.07, 6.45) is 0.464. The molecule has 0 saturated heterocycles. The molecular weight excluding hydrogens is 226 g/mol. The lowest BCUT2D eigenvalue weighted by Gasteiger charge is -2.05. The van der Waals surface area contributed by atoms with Crippen LogP contribution in [-0.4, -0.2) is 28.7 Å². The summed E-state index contributed by atoms with van der Waals surface area (Å²) in [7, 11) is 0. The van der Waals surface area contributed by atoms with Crippen molar-refractivity contribution < 1.29 is 24.6 Å². The second-order valence-corrected chi connectivity index (χ2v) is 3.34. The Morgan fingerprint density at radius 3 is 2.65 bits per heavy atom. The average molecular weight is 239 g/mol. The number of carbonyl (C=O) groups is 2. The molecule has 0 aromatic heterocycles. The zero-order valence-electron chi connectivity index (χ0n) is 9.05. The van der Waals surface area contributed by atoms with Crippen LogP contribution >= 0.6 is 0 Å². The molecular formula is C11H13NO5. The number of rotatable bonds is 6. The van der Waals surface area contributed by atoms with E-state index in [9.17, 15) is 14.7 Å². The number of hydrogen-bond donors (Lipinski definition) is 3. The van der Waals surface area contributed by atoms with E-state index in [0.29, 0.717) is 12.0 Å². The highest BCUT2D eigenvalue weighted by Crippen LogP contribution is 2.16. The monoisotopic (exact) mass is 239 g/mol. The zero-order valence-corrected chi connectivity index (χ0v) is 9.05. The first-order chi connectivity index (χ1) is 8.09. The van der Waals surface area contributed by atoms with Crippen molar-refractivity contribution in [3.8, 4) is 5.75 Å². The molecule has 1 aromatic carbocycles. The van der Waals surface area contributed by atoms with Gasteiger partial charge in [0.25, 0.3) is 0 Å². The SMILES string of the molecule is O=C(O)CONC(=O)CCc1ccccc1O. The number of aliphatic carboxylic acids is 1. The highest BCUT2D eigenvalue weighted by molar-refractivity contribution is 5.75. The van der Waals surface area contributed by atoms with Crippen molar-refractivity contribution in [3.05, 3.63) is 29.8 Å². The Hall–Kier alpha value is -2.08. The molecule has 0 atom stereocenters. The summed E-state index contributed by atoms with van der Waals surface area (Å²) in [5.74, 6) is -1.47. The molecule has 6 nitrogen and oxygen atoms in total. The van der Waals surface area contributed by atoms with E-state index in [1.165, 1.54) is 6.07 Å². The van der Waals surface area contributed by atoms with Gasteiger partial charge in [0.2, 0.25) is 5.91 Å². The molecule has 0 saturated carbocycles. The van der Waals surface area contributed by atoms with Gasteiger partial charge in [-0.3, -0.25) is 9.63 Å². The van der Waals surface area contributed by atoms with E-state index in [1.807, 2.05) is 5.48 Å². The number of carbonyl (C=O) groups excluding carboxylic acids is 1. The lowest BCUT2D eigenvalue weighted by Crippen LogP contribution is -2.26. The molecule has 0 radical (unpaired) electrons. The Morgan fingerprint density at radius 2 is 2.00 bits per heavy atom. The maximum atomic E-state index is 11.2. The van der Waals surface area contributed by atoms with Crippen LogP contribution in [0, 0.1) is 0 Å². The van der Waals surface area contributed by atoms with E-state index in [-0.39, 0.29) is 12.2 Å². The summed E-state index contributed by atoms with van der Waals surface area (Å²) in [6.45, 7) is -0.581. The quantitative estimate of drug-likeness (QED) is 0.627. The molecule has 0 fully saturated rings. The molecule has 0 aliphatic carbocycles. The van der Waals surface area contributed by atoms with Gasteiger partial charge in [-0.1, -0.05) is 18.2 Å². The molecule has 0 spiro atoms. The number of hydroxylamine groups is 1. The molecule has 1 rings (SSSR count). The van der Waals surface area contributed by atoms with Crippen LogP contribution in [0.4, 0.5) is 0 Å². The van der Waals surface area contributed by atoms with E-state index in [2.05, 4.69) is 4.84 Å². The third-order valence-electron chi connectivity index (χ3n) is 1.99. The third-order valence-corrected chi connectivity index (χ3v) is 1.99. The summed E-state index contributed by atoms with van der Waals surface area (Å²) < 4.78 is 0. The van der Waals surface area contributed by atoms with Gasteiger partial charge >= 0.3 is 5.97 Å². The van der Waals surface area contributed by atoms with Crippen molar-refractivity contribution >= 4 is 11.9 Å². The summed E-state index contributed by atoms with van der Waals surface area (Å²) in [4.78, 5) is 25.7. The van der Waals surface area contributed by atoms with Crippen molar-refractivity contribution in [1.29, 1.82) is 0 Å². The standard InChI is InChI=1S/C11H13NO5/c13-9-4-2-1-3-8(9)5-6-10(14)12-17-7-11(15)16/h1-4,13H,5-7H2,(H,12,14)(H,15,16). The Labute approximate surface area is 97.8 Å². The van der Waals surface area contributed by atoms with Crippen LogP contribution in [0.25, 0.3) is 0 Å². The average Bonchev–Trinajstić information content (AvgIpc) is 2.27. The summed E-state index contributed by atoms with van der Waals surface area (Å²) in [5, 5.41) is 17.7. The van der Waals surface area contributed by atoms with Crippen LogP contribution in [-0.2, 0) is 20.8 Å². The third kappa shape index (κ3) is 4.98. The number of para-hydroxylation sites is 1. The summed E-state index contributed by atoms with van der Waals surface area (Å²) >= 11 is 0. The van der Waals surface area contributed by atoms with Gasteiger partial charge in [-0.05, 0) is 18.1 Å². The van der Waals surface area contributed by atoms with E-state index >= 15 is 0 Å². The van der Waals surface area contributed by atoms with Gasteiger partial charge in [0, 0.05) is 6.42 Å². The van der Waals surface area contributed by atoms with Crippen LogP contribution in [0.3, 0.4) is 0 Å². The van der Waals surface area contributed by atoms with Crippen molar-refractivity contribution in [3.63, 3.8) is 0 Å². The second kappa shape index (κ2) is 6.49. The predicted molar refractivity (Wildman–Crippen MR) is 58.2 cm³/mol. The second-order valence-electron chi connectivity index (χ2n) is 3.34. The number of amides is 1. The smallest absolute Gasteiger partial charge is 0.332 e. The fraction of sp³-hybridized carbons (Fsp3) is 0.273. The number of benzene rings is 1. The predicted octanol–water partition coefficient (Wildman–Crippen LogP) is 0.457. The van der Waals surface area contributed by atoms with Gasteiger partial charge in [-0.2, -0.15) is 0 Å². The Balaban J connectivity index is 2.29. The summed E-state index contributed by atoms with van der Waals surface area (Å²) in [6, 6.07) is 6.69. The maximum absolute atomic E-state index is 11.2. The van der Waals surface area contributed by atoms with Crippen molar-refractivity contribution in [2.24, 2.45) is 0 Å². The lowest BCUT2D eigenvalue weighted by atomic mass is 10.1. The number of hydrogen-bond acceptors (Lipinski definition) is 4. The lowest BCUT2D eigenvalue weighted by molar-refractivity contribution is -0.149. The van der Waals surface area contributed by atoms with Crippen LogP contribution in [0.5, 0.6) is 5.75 Å². The van der Waals surface area contributed by atoms with Gasteiger partial charge in [-0.25, -0.2) is 10.3 Å². The topological polar surface area (TPSA) is 95.9 Å². The first-order valence-electron chi connectivity index (χ1n) is 4.99. The summed E-state index contributed by atoms with van der Waals surface area (Å²) in [5.41, 5.74) is 2.66. The molecule has 1 aromatic rings. The van der Waals surface area contributed by atoms with Crippen molar-refractivity contribution in [2.45, 2.75) is 12.8 Å². The molecule has 0 unspecified atom stereocenters. The van der Waals surface area contributed by atoms with Gasteiger partial charge < -0.3 is 10.2 Å². The minimum absolute atomic E-state index is 0.108. The minimum atomic E-state index is -1.16. The fourth-order valence-electron chi connectivity index (χ4n) is 1.20. The molecule has 6 heteroatoms. The van der Waals surface area contributed by atoms with Crippen molar-refractivity contribution in [1.82, 2.24) is 5.48 Å². The van der Waals surface area contributed by atoms with Crippen LogP contribution in [0.1, 0.15) is 12.0 Å². The number of carboxylic acid groups (broad SMARTS) is 1. The van der Waals surface area contributed by atoms with Crippen LogP contribution in [0.2, 0.25) is 0 Å². The van der Waals surface area contributed by atoms with E-state index in [0.717, 1.165) is 0 Å².